The van der Waals surface area contributed by atoms with Crippen LogP contribution < -0.4 is 5.32 Å². The first kappa shape index (κ1) is 21.3. The van der Waals surface area contributed by atoms with Gasteiger partial charge in [0.1, 0.15) is 5.82 Å². The van der Waals surface area contributed by atoms with Crippen molar-refractivity contribution in [2.24, 2.45) is 5.92 Å². The zero-order valence-electron chi connectivity index (χ0n) is 18.8. The van der Waals surface area contributed by atoms with Gasteiger partial charge in [0, 0.05) is 40.2 Å². The van der Waals surface area contributed by atoms with Gasteiger partial charge in [0.25, 0.3) is 0 Å². The zero-order valence-corrected chi connectivity index (χ0v) is 18.8. The lowest BCUT2D eigenvalue weighted by Crippen LogP contribution is -2.07. The second-order valence-corrected chi connectivity index (χ2v) is 8.35. The number of allylic oxidation sites excluding steroid dienone is 2. The number of hydrogen-bond acceptors (Lipinski definition) is 5. The van der Waals surface area contributed by atoms with Gasteiger partial charge in [-0.15, -0.1) is 0 Å². The molecule has 0 bridgehead atoms. The third kappa shape index (κ3) is 4.23. The molecule has 34 heavy (non-hydrogen) atoms. The molecule has 0 amide bonds. The number of rotatable bonds is 8. The summed E-state index contributed by atoms with van der Waals surface area (Å²) in [5, 5.41) is 12.3. The van der Waals surface area contributed by atoms with Gasteiger partial charge in [0.05, 0.1) is 17.4 Å². The number of carbonyl (C=O) groups is 1. The van der Waals surface area contributed by atoms with Crippen molar-refractivity contribution in [2.45, 2.75) is 13.3 Å². The van der Waals surface area contributed by atoms with Gasteiger partial charge in [-0.2, -0.15) is 5.10 Å². The normalized spacial score (nSPS) is 12.0. The highest BCUT2D eigenvalue weighted by Gasteiger charge is 2.15. The second kappa shape index (κ2) is 8.78. The van der Waals surface area contributed by atoms with Crippen LogP contribution in [0.4, 0.5) is 11.5 Å². The molecule has 7 nitrogen and oxygen atoms in total. The number of aromatic amines is 2. The molecule has 0 aliphatic heterocycles. The van der Waals surface area contributed by atoms with Crippen LogP contribution in [0.1, 0.15) is 23.8 Å². The van der Waals surface area contributed by atoms with Gasteiger partial charge in [-0.1, -0.05) is 43.9 Å². The van der Waals surface area contributed by atoms with Gasteiger partial charge in [-0.3, -0.25) is 9.89 Å². The van der Waals surface area contributed by atoms with Crippen molar-refractivity contribution < 1.29 is 4.79 Å². The fourth-order valence-corrected chi connectivity index (χ4v) is 3.87. The largest absolute Gasteiger partial charge is 0.352 e. The lowest BCUT2D eigenvalue weighted by molar-refractivity contribution is 0.0966. The standard InChI is InChI=1S/C27H24N6O/c1-4-16(2)17(3)11-25(34)24-13-18-5-6-19(14-23(18)31-24)27-28-10-9-26(32-27)30-21-7-8-22-20(12-21)15-29-33-22/h4-10,12-15,17,31H,1-2,11H2,3H3,(H,29,33)(H,28,30,32). The molecule has 3 N–H and O–H groups in total. The lowest BCUT2D eigenvalue weighted by Gasteiger charge is -2.09. The van der Waals surface area contributed by atoms with E-state index in [9.17, 15) is 4.79 Å². The second-order valence-electron chi connectivity index (χ2n) is 8.35. The van der Waals surface area contributed by atoms with Gasteiger partial charge >= 0.3 is 0 Å². The number of anilines is 2. The Morgan fingerprint density at radius 1 is 1.12 bits per heavy atom. The van der Waals surface area contributed by atoms with E-state index in [2.05, 4.69) is 43.6 Å². The van der Waals surface area contributed by atoms with Gasteiger partial charge in [0.15, 0.2) is 11.6 Å². The molecule has 5 aromatic rings. The number of nitrogens with one attached hydrogen (secondary N) is 3. The summed E-state index contributed by atoms with van der Waals surface area (Å²) >= 11 is 0. The van der Waals surface area contributed by atoms with Crippen LogP contribution >= 0.6 is 0 Å². The van der Waals surface area contributed by atoms with Gasteiger partial charge in [-0.25, -0.2) is 9.97 Å². The quantitative estimate of drug-likeness (QED) is 0.194. The summed E-state index contributed by atoms with van der Waals surface area (Å²) in [6.45, 7) is 9.66. The number of benzene rings is 2. The van der Waals surface area contributed by atoms with E-state index in [1.54, 1.807) is 18.5 Å². The molecule has 0 aliphatic carbocycles. The number of ketones is 1. The lowest BCUT2D eigenvalue weighted by atomic mass is 9.96. The Bertz CT molecular complexity index is 1540. The minimum atomic E-state index is 0.0461. The van der Waals surface area contributed by atoms with E-state index in [0.717, 1.165) is 38.6 Å². The molecule has 1 atom stereocenters. The van der Waals surface area contributed by atoms with E-state index in [1.807, 2.05) is 55.5 Å². The molecule has 0 spiro atoms. The predicted octanol–water partition coefficient (Wildman–Crippen LogP) is 6.20. The first-order valence-corrected chi connectivity index (χ1v) is 11.0. The average Bonchev–Trinajstić information content (AvgIpc) is 3.49. The third-order valence-electron chi connectivity index (χ3n) is 5.94. The van der Waals surface area contributed by atoms with Crippen LogP contribution in [0.3, 0.4) is 0 Å². The Morgan fingerprint density at radius 2 is 2.00 bits per heavy atom. The van der Waals surface area contributed by atoms with Gasteiger partial charge in [0.2, 0.25) is 0 Å². The summed E-state index contributed by atoms with van der Waals surface area (Å²) in [6, 6.07) is 15.6. The summed E-state index contributed by atoms with van der Waals surface area (Å²) in [7, 11) is 0. The number of aromatic nitrogens is 5. The first-order valence-electron chi connectivity index (χ1n) is 11.0. The Morgan fingerprint density at radius 3 is 2.85 bits per heavy atom. The number of H-pyrrole nitrogens is 2. The number of Topliss-reactive ketones (excluding diaryl/α,β-unsaturated/α-hetero) is 1. The van der Waals surface area contributed by atoms with Crippen LogP contribution in [0.5, 0.6) is 0 Å². The van der Waals surface area contributed by atoms with E-state index in [0.29, 0.717) is 23.8 Å². The third-order valence-corrected chi connectivity index (χ3v) is 5.94. The minimum Gasteiger partial charge on any atom is -0.352 e. The van der Waals surface area contributed by atoms with Crippen LogP contribution in [0.15, 0.2) is 85.7 Å². The topological polar surface area (TPSA) is 99.3 Å². The molecule has 168 valence electrons. The van der Waals surface area contributed by atoms with Crippen LogP contribution in [-0.4, -0.2) is 30.9 Å². The summed E-state index contributed by atoms with van der Waals surface area (Å²) in [5.74, 6) is 1.37. The number of hydrogen-bond donors (Lipinski definition) is 3. The number of carbonyl (C=O) groups excluding carboxylic acids is 1. The maximum Gasteiger partial charge on any atom is 0.179 e. The monoisotopic (exact) mass is 448 g/mol. The molecule has 0 saturated heterocycles. The minimum absolute atomic E-state index is 0.0461. The molecule has 3 aromatic heterocycles. The fourth-order valence-electron chi connectivity index (χ4n) is 3.87. The fraction of sp³-hybridized carbons (Fsp3) is 0.111. The van der Waals surface area contributed by atoms with Crippen molar-refractivity contribution in [3.63, 3.8) is 0 Å². The maximum absolute atomic E-state index is 12.7. The van der Waals surface area contributed by atoms with E-state index in [1.165, 1.54) is 0 Å². The van der Waals surface area contributed by atoms with E-state index < -0.39 is 0 Å². The Labute approximate surface area is 196 Å². The summed E-state index contributed by atoms with van der Waals surface area (Å²) in [4.78, 5) is 25.1. The molecule has 0 aliphatic rings. The Hall–Kier alpha value is -4.52. The predicted molar refractivity (Wildman–Crippen MR) is 136 cm³/mol. The average molecular weight is 449 g/mol. The number of nitrogens with zero attached hydrogens (tertiary/aromatic N) is 3. The van der Waals surface area contributed by atoms with E-state index in [-0.39, 0.29) is 11.7 Å². The van der Waals surface area contributed by atoms with Crippen LogP contribution in [0.25, 0.3) is 33.2 Å². The van der Waals surface area contributed by atoms with Crippen molar-refractivity contribution in [3.8, 4) is 11.4 Å². The molecule has 2 aromatic carbocycles. The highest BCUT2D eigenvalue weighted by molar-refractivity contribution is 6.00. The SMILES string of the molecule is C=CC(=C)C(C)CC(=O)c1cc2ccc(-c3nccc(Nc4ccc5[nH]ncc5c4)n3)cc2[nH]1. The van der Waals surface area contributed by atoms with Crippen molar-refractivity contribution in [3.05, 3.63) is 91.4 Å². The van der Waals surface area contributed by atoms with Crippen molar-refractivity contribution in [1.82, 2.24) is 25.1 Å². The van der Waals surface area contributed by atoms with Crippen LogP contribution in [0, 0.1) is 5.92 Å². The Kier molecular flexibility index (Phi) is 5.51. The highest BCUT2D eigenvalue weighted by Crippen LogP contribution is 2.26. The molecule has 5 rings (SSSR count). The molecule has 1 unspecified atom stereocenters. The van der Waals surface area contributed by atoms with Crippen LogP contribution in [0.2, 0.25) is 0 Å². The Balaban J connectivity index is 1.38. The first-order chi connectivity index (χ1) is 16.5. The highest BCUT2D eigenvalue weighted by atomic mass is 16.1. The van der Waals surface area contributed by atoms with E-state index >= 15 is 0 Å². The summed E-state index contributed by atoms with van der Waals surface area (Å²) in [5.41, 5.74) is 5.06. The number of fused-ring (bicyclic) bond motifs is 2. The molecule has 7 heteroatoms. The van der Waals surface area contributed by atoms with Gasteiger partial charge in [-0.05, 0) is 42.3 Å². The zero-order chi connectivity index (χ0) is 23.7. The molecule has 0 fully saturated rings. The molecular formula is C27H24N6O. The van der Waals surface area contributed by atoms with Crippen LogP contribution in [-0.2, 0) is 0 Å². The van der Waals surface area contributed by atoms with Gasteiger partial charge < -0.3 is 10.3 Å². The molecule has 0 radical (unpaired) electrons. The van der Waals surface area contributed by atoms with E-state index in [4.69, 9.17) is 0 Å². The molecule has 3 heterocycles. The van der Waals surface area contributed by atoms with Crippen molar-refractivity contribution in [2.75, 3.05) is 5.32 Å². The summed E-state index contributed by atoms with van der Waals surface area (Å²) in [6.07, 6.45) is 5.59. The molecular weight excluding hydrogens is 424 g/mol. The van der Waals surface area contributed by atoms with Crippen molar-refractivity contribution >= 4 is 39.1 Å². The maximum atomic E-state index is 12.7. The smallest absolute Gasteiger partial charge is 0.179 e. The molecule has 0 saturated carbocycles. The summed E-state index contributed by atoms with van der Waals surface area (Å²) < 4.78 is 0. The van der Waals surface area contributed by atoms with Crippen molar-refractivity contribution in [1.29, 1.82) is 0 Å².